The Balaban J connectivity index is 0.000000425. The van der Waals surface area contributed by atoms with Crippen molar-refractivity contribution >= 4 is 58.5 Å². The molecule has 6 bridgehead atoms. The third-order valence-corrected chi connectivity index (χ3v) is 8.47. The van der Waals surface area contributed by atoms with E-state index >= 15 is 0 Å². The fourth-order valence-electron chi connectivity index (χ4n) is 5.45. The molecule has 0 atom stereocenters. The maximum atomic E-state index is 13.5. The predicted molar refractivity (Wildman–Crippen MR) is 185 cm³/mol. The molecule has 2 amide bonds. The summed E-state index contributed by atoms with van der Waals surface area (Å²) in [4.78, 5) is 60.7. The van der Waals surface area contributed by atoms with Gasteiger partial charge >= 0.3 is 24.3 Å². The van der Waals surface area contributed by atoms with Crippen LogP contribution in [0, 0.1) is 12.8 Å². The lowest BCUT2D eigenvalue weighted by atomic mass is 9.94. The Hall–Kier alpha value is -5.99. The molecule has 4 N–H and O–H groups in total. The molecule has 0 spiro atoms. The minimum absolute atomic E-state index is 0.0849. The van der Waals surface area contributed by atoms with Crippen LogP contribution in [0.3, 0.4) is 0 Å². The molecule has 5 heterocycles. The normalized spacial score (nSPS) is 14.1. The molecule has 6 rings (SSSR count). The second-order valence-corrected chi connectivity index (χ2v) is 12.8. The van der Waals surface area contributed by atoms with Crippen LogP contribution in [-0.4, -0.2) is 96.4 Å². The number of halogens is 7. The number of amides is 2. The Bertz CT molecular complexity index is 2030. The first-order valence-corrected chi connectivity index (χ1v) is 16.8. The fourth-order valence-corrected chi connectivity index (χ4v) is 5.59. The smallest absolute Gasteiger partial charge is 0.475 e. The minimum atomic E-state index is -5.08. The number of piperidine rings is 1. The van der Waals surface area contributed by atoms with Gasteiger partial charge in [-0.2, -0.15) is 31.3 Å². The van der Waals surface area contributed by atoms with Gasteiger partial charge in [0.15, 0.2) is 11.5 Å². The second-order valence-electron chi connectivity index (χ2n) is 12.4. The van der Waals surface area contributed by atoms with Gasteiger partial charge in [0.2, 0.25) is 11.9 Å². The van der Waals surface area contributed by atoms with Crippen molar-refractivity contribution in [1.29, 1.82) is 0 Å². The number of anilines is 4. The number of pyridine rings is 1. The van der Waals surface area contributed by atoms with Crippen LogP contribution < -0.4 is 10.6 Å². The molecule has 300 valence electrons. The first-order valence-electron chi connectivity index (χ1n) is 16.4. The van der Waals surface area contributed by atoms with Gasteiger partial charge in [-0.05, 0) is 67.5 Å². The van der Waals surface area contributed by atoms with E-state index in [2.05, 4.69) is 36.8 Å². The monoisotopic (exact) mass is 814 g/mol. The van der Waals surface area contributed by atoms with Crippen LogP contribution >= 0.6 is 11.6 Å². The van der Waals surface area contributed by atoms with Crippen molar-refractivity contribution in [3.05, 3.63) is 82.1 Å². The van der Waals surface area contributed by atoms with E-state index in [1.165, 1.54) is 0 Å². The van der Waals surface area contributed by atoms with E-state index in [1.807, 2.05) is 31.4 Å². The van der Waals surface area contributed by atoms with Gasteiger partial charge in [0.1, 0.15) is 10.8 Å². The van der Waals surface area contributed by atoms with E-state index in [1.54, 1.807) is 35.2 Å². The molecule has 0 unspecified atom stereocenters. The topological polar surface area (TPSA) is 204 Å². The number of carboxylic acids is 2. The van der Waals surface area contributed by atoms with Crippen molar-refractivity contribution in [2.75, 3.05) is 30.8 Å². The van der Waals surface area contributed by atoms with Gasteiger partial charge in [-0.1, -0.05) is 22.8 Å². The number of likely N-dealkylation sites (tertiary alicyclic amines) is 1. The number of aryl methyl sites for hydroxylation is 3. The number of benzene rings is 1. The van der Waals surface area contributed by atoms with Gasteiger partial charge in [-0.25, -0.2) is 14.6 Å². The molecule has 0 saturated carbocycles. The van der Waals surface area contributed by atoms with E-state index in [0.717, 1.165) is 40.9 Å². The number of nitrogens with one attached hydrogen (secondary N) is 2. The Kier molecular flexibility index (Phi) is 13.8. The van der Waals surface area contributed by atoms with Crippen molar-refractivity contribution in [1.82, 2.24) is 29.9 Å². The fraction of sp³-hybridized carbons (Fsp3) is 0.353. The number of carbonyl (C=O) groups is 4. The summed E-state index contributed by atoms with van der Waals surface area (Å²) in [6.07, 6.45) is -2.26. The number of rotatable bonds is 4. The summed E-state index contributed by atoms with van der Waals surface area (Å²) in [6.45, 7) is 3.25. The van der Waals surface area contributed by atoms with Crippen LogP contribution in [0.2, 0.25) is 5.02 Å². The first kappa shape index (κ1) is 42.7. The van der Waals surface area contributed by atoms with Crippen LogP contribution in [0.25, 0.3) is 0 Å². The van der Waals surface area contributed by atoms with Crippen LogP contribution in [0.1, 0.15) is 45.8 Å². The molecular formula is C34H33ClF6N8O7. The summed E-state index contributed by atoms with van der Waals surface area (Å²) in [5.74, 6) is -4.22. The van der Waals surface area contributed by atoms with Crippen molar-refractivity contribution < 1.29 is 60.3 Å². The van der Waals surface area contributed by atoms with Crippen LogP contribution in [0.4, 0.5) is 49.5 Å². The molecule has 22 heteroatoms. The Morgan fingerprint density at radius 3 is 2.16 bits per heavy atom. The molecule has 2 aliphatic rings. The zero-order valence-corrected chi connectivity index (χ0v) is 30.2. The zero-order valence-electron chi connectivity index (χ0n) is 29.4. The van der Waals surface area contributed by atoms with Crippen molar-refractivity contribution in [2.45, 2.75) is 51.5 Å². The lowest BCUT2D eigenvalue weighted by molar-refractivity contribution is -0.193. The zero-order chi connectivity index (χ0) is 41.4. The molecule has 56 heavy (non-hydrogen) atoms. The van der Waals surface area contributed by atoms with Crippen LogP contribution in [0.15, 0.2) is 53.4 Å². The molecule has 1 aromatic carbocycles. The summed E-state index contributed by atoms with van der Waals surface area (Å²) in [6, 6.07) is 9.79. The van der Waals surface area contributed by atoms with Gasteiger partial charge < -0.3 is 35.2 Å². The van der Waals surface area contributed by atoms with E-state index in [9.17, 15) is 35.9 Å². The second kappa shape index (κ2) is 18.1. The maximum absolute atomic E-state index is 13.5. The molecular weight excluding hydrogens is 782 g/mol. The van der Waals surface area contributed by atoms with Gasteiger partial charge in [0, 0.05) is 50.6 Å². The van der Waals surface area contributed by atoms with Gasteiger partial charge in [0.25, 0.3) is 5.91 Å². The molecule has 2 aliphatic heterocycles. The third kappa shape index (κ3) is 12.0. The van der Waals surface area contributed by atoms with Gasteiger partial charge in [-0.3, -0.25) is 14.6 Å². The van der Waals surface area contributed by atoms with Crippen molar-refractivity contribution in [3.63, 3.8) is 0 Å². The molecule has 0 aliphatic carbocycles. The molecule has 15 nitrogen and oxygen atoms in total. The Morgan fingerprint density at radius 2 is 1.57 bits per heavy atom. The van der Waals surface area contributed by atoms with E-state index in [-0.39, 0.29) is 17.7 Å². The number of aliphatic carboxylic acids is 2. The lowest BCUT2D eigenvalue weighted by Crippen LogP contribution is -2.43. The highest BCUT2D eigenvalue weighted by atomic mass is 35.5. The summed E-state index contributed by atoms with van der Waals surface area (Å²) in [5, 5.41) is 25.0. The average molecular weight is 815 g/mol. The van der Waals surface area contributed by atoms with Crippen LogP contribution in [0.5, 0.6) is 0 Å². The number of nitrogens with zero attached hydrogens (tertiary/aromatic N) is 6. The number of aromatic nitrogens is 4. The number of hydrogen-bond acceptors (Lipinski definition) is 11. The minimum Gasteiger partial charge on any atom is -0.475 e. The van der Waals surface area contributed by atoms with E-state index in [0.29, 0.717) is 60.7 Å². The highest BCUT2D eigenvalue weighted by Gasteiger charge is 2.39. The maximum Gasteiger partial charge on any atom is 0.490 e. The Labute approximate surface area is 318 Å². The van der Waals surface area contributed by atoms with Crippen molar-refractivity contribution in [2.24, 2.45) is 5.92 Å². The first-order chi connectivity index (χ1) is 26.2. The quantitative estimate of drug-likeness (QED) is 0.170. The molecule has 3 aromatic heterocycles. The molecule has 1 fully saturated rings. The van der Waals surface area contributed by atoms with Gasteiger partial charge in [0.05, 0.1) is 18.1 Å². The number of hydrogen-bond donors (Lipinski definition) is 4. The summed E-state index contributed by atoms with van der Waals surface area (Å²) in [5.41, 5.74) is 5.20. The number of fused-ring (bicyclic) bond motifs is 6. The number of alkyl halides is 6. The van der Waals surface area contributed by atoms with E-state index in [4.69, 9.17) is 35.9 Å². The third-order valence-electron chi connectivity index (χ3n) is 8.19. The molecule has 4 aromatic rings. The number of carboxylic acid groups (broad SMARTS) is 2. The highest BCUT2D eigenvalue weighted by Crippen LogP contribution is 2.29. The standard InChI is InChI=1S/C30H31ClN8O3.2C2HF3O2/c1-18-11-26(37-42-18)29(41)39-9-7-20(8-10-39)28(40)38(2)17-22-5-6-23-13-21(22)4-3-19-12-24(15-32-14-19)35-30-33-16-25(31)27(34-23)36-30;2*3-2(4,5)1(6)7/h5-6,11-16,20H,3-4,7-10,17H2,1-2H3,(H2,33,34,35,36);2*(H,6,7). The summed E-state index contributed by atoms with van der Waals surface area (Å²) >= 11 is 6.40. The van der Waals surface area contributed by atoms with Crippen molar-refractivity contribution in [3.8, 4) is 0 Å². The largest absolute Gasteiger partial charge is 0.490 e. The SMILES string of the molecule is Cc1cc(C(=O)N2CCC(C(=O)N(C)Cc3ccc4cc3CCc3cncc(c3)Nc3ncc(Cl)c(n3)N4)CC2)no1.O=C(O)C(F)(F)F.O=C(O)C(F)(F)F. The molecule has 0 radical (unpaired) electrons. The van der Waals surface area contributed by atoms with E-state index < -0.39 is 24.3 Å². The van der Waals surface area contributed by atoms with Gasteiger partial charge in [-0.15, -0.1) is 0 Å². The number of carbonyl (C=O) groups excluding carboxylic acids is 2. The summed E-state index contributed by atoms with van der Waals surface area (Å²) < 4.78 is 68.5. The predicted octanol–water partition coefficient (Wildman–Crippen LogP) is 6.18. The highest BCUT2D eigenvalue weighted by molar-refractivity contribution is 6.32. The van der Waals surface area contributed by atoms with Crippen LogP contribution in [-0.2, 0) is 33.8 Å². The summed E-state index contributed by atoms with van der Waals surface area (Å²) in [7, 11) is 1.84. The Morgan fingerprint density at radius 1 is 0.929 bits per heavy atom. The lowest BCUT2D eigenvalue weighted by Gasteiger charge is -2.33. The molecule has 1 saturated heterocycles. The average Bonchev–Trinajstić information content (AvgIpc) is 3.58.